The normalized spacial score (nSPS) is 17.9. The number of carbonyl (C=O) groups is 1. The first-order valence-corrected chi connectivity index (χ1v) is 8.08. The average Bonchev–Trinajstić information content (AvgIpc) is 2.60. The summed E-state index contributed by atoms with van der Waals surface area (Å²) in [5.74, 6) is 0.156. The highest BCUT2D eigenvalue weighted by atomic mass is 19.1. The van der Waals surface area contributed by atoms with E-state index in [1.165, 1.54) is 18.3 Å². The van der Waals surface area contributed by atoms with Crippen LogP contribution in [-0.2, 0) is 4.74 Å². The summed E-state index contributed by atoms with van der Waals surface area (Å²) in [5, 5.41) is 2.82. The zero-order valence-corrected chi connectivity index (χ0v) is 13.9. The monoisotopic (exact) mass is 345 g/mol. The standard InChI is InChI=1S/C18H20FN3O3/c1-22-7-8-24-16(12-22)11-21-18(23)17-6-5-15(10-20-17)25-14-4-2-3-13(19)9-14/h2-6,9-10,16H,7-8,11-12H2,1H3,(H,21,23). The number of rotatable bonds is 5. The average molecular weight is 345 g/mol. The number of benzene rings is 1. The van der Waals surface area contributed by atoms with Gasteiger partial charge in [-0.2, -0.15) is 0 Å². The number of likely N-dealkylation sites (N-methyl/N-ethyl adjacent to an activating group) is 1. The number of nitrogens with zero attached hydrogens (tertiary/aromatic N) is 2. The smallest absolute Gasteiger partial charge is 0.269 e. The number of hydrogen-bond donors (Lipinski definition) is 1. The molecule has 2 heterocycles. The zero-order chi connectivity index (χ0) is 17.6. The molecule has 2 aromatic rings. The van der Waals surface area contributed by atoms with Crippen molar-refractivity contribution in [3.8, 4) is 11.5 Å². The molecule has 7 heteroatoms. The molecule has 1 saturated heterocycles. The molecule has 1 aromatic heterocycles. The summed E-state index contributed by atoms with van der Waals surface area (Å²) >= 11 is 0. The van der Waals surface area contributed by atoms with E-state index in [-0.39, 0.29) is 23.5 Å². The fourth-order valence-corrected chi connectivity index (χ4v) is 2.53. The minimum Gasteiger partial charge on any atom is -0.456 e. The van der Waals surface area contributed by atoms with Crippen LogP contribution in [0.4, 0.5) is 4.39 Å². The Hall–Kier alpha value is -2.51. The van der Waals surface area contributed by atoms with E-state index in [4.69, 9.17) is 9.47 Å². The molecule has 0 bridgehead atoms. The van der Waals surface area contributed by atoms with Gasteiger partial charge in [-0.05, 0) is 31.3 Å². The maximum atomic E-state index is 13.1. The van der Waals surface area contributed by atoms with Gasteiger partial charge in [0.2, 0.25) is 0 Å². The van der Waals surface area contributed by atoms with Crippen molar-refractivity contribution in [2.45, 2.75) is 6.10 Å². The summed E-state index contributed by atoms with van der Waals surface area (Å²) in [5.41, 5.74) is 0.288. The molecule has 1 atom stereocenters. The zero-order valence-electron chi connectivity index (χ0n) is 13.9. The summed E-state index contributed by atoms with van der Waals surface area (Å²) in [6.07, 6.45) is 1.42. The van der Waals surface area contributed by atoms with Crippen molar-refractivity contribution in [2.75, 3.05) is 33.3 Å². The van der Waals surface area contributed by atoms with Crippen molar-refractivity contribution >= 4 is 5.91 Å². The van der Waals surface area contributed by atoms with Crippen LogP contribution in [0.5, 0.6) is 11.5 Å². The number of pyridine rings is 1. The Morgan fingerprint density at radius 1 is 1.40 bits per heavy atom. The molecule has 1 aromatic carbocycles. The third kappa shape index (κ3) is 4.98. The summed E-state index contributed by atoms with van der Waals surface area (Å²) < 4.78 is 24.2. The largest absolute Gasteiger partial charge is 0.456 e. The van der Waals surface area contributed by atoms with E-state index in [2.05, 4.69) is 15.2 Å². The van der Waals surface area contributed by atoms with Crippen LogP contribution in [0.2, 0.25) is 0 Å². The fourth-order valence-electron chi connectivity index (χ4n) is 2.53. The minimum atomic E-state index is -0.378. The Morgan fingerprint density at radius 3 is 3.00 bits per heavy atom. The molecule has 0 saturated carbocycles. The number of ether oxygens (including phenoxy) is 2. The van der Waals surface area contributed by atoms with Gasteiger partial charge in [0, 0.05) is 25.7 Å². The van der Waals surface area contributed by atoms with Gasteiger partial charge in [0.1, 0.15) is 23.0 Å². The molecule has 25 heavy (non-hydrogen) atoms. The first-order chi connectivity index (χ1) is 12.1. The third-order valence-corrected chi connectivity index (χ3v) is 3.83. The Labute approximate surface area is 145 Å². The maximum absolute atomic E-state index is 13.1. The lowest BCUT2D eigenvalue weighted by atomic mass is 10.2. The van der Waals surface area contributed by atoms with E-state index in [1.807, 2.05) is 7.05 Å². The van der Waals surface area contributed by atoms with E-state index < -0.39 is 0 Å². The van der Waals surface area contributed by atoms with Crippen LogP contribution >= 0.6 is 0 Å². The molecule has 1 aliphatic heterocycles. The first kappa shape index (κ1) is 17.3. The molecule has 0 radical (unpaired) electrons. The molecular weight excluding hydrogens is 325 g/mol. The van der Waals surface area contributed by atoms with Gasteiger partial charge >= 0.3 is 0 Å². The topological polar surface area (TPSA) is 63.7 Å². The summed E-state index contributed by atoms with van der Waals surface area (Å²) in [7, 11) is 2.02. The van der Waals surface area contributed by atoms with Gasteiger partial charge < -0.3 is 19.7 Å². The van der Waals surface area contributed by atoms with E-state index in [0.29, 0.717) is 24.7 Å². The molecule has 1 N–H and O–H groups in total. The number of amides is 1. The highest BCUT2D eigenvalue weighted by Gasteiger charge is 2.18. The van der Waals surface area contributed by atoms with E-state index in [1.54, 1.807) is 24.3 Å². The molecule has 132 valence electrons. The van der Waals surface area contributed by atoms with Crippen LogP contribution in [-0.4, -0.2) is 55.2 Å². The summed E-state index contributed by atoms with van der Waals surface area (Å²) in [6.45, 7) is 2.79. The number of hydrogen-bond acceptors (Lipinski definition) is 5. The Kier molecular flexibility index (Phi) is 5.57. The van der Waals surface area contributed by atoms with Crippen molar-refractivity contribution in [1.29, 1.82) is 0 Å². The molecule has 0 spiro atoms. The van der Waals surface area contributed by atoms with Gasteiger partial charge in [-0.25, -0.2) is 9.37 Å². The lowest BCUT2D eigenvalue weighted by Gasteiger charge is -2.30. The van der Waals surface area contributed by atoms with Gasteiger partial charge in [0.25, 0.3) is 5.91 Å². The predicted molar refractivity (Wildman–Crippen MR) is 90.3 cm³/mol. The van der Waals surface area contributed by atoms with Gasteiger partial charge in [0.05, 0.1) is 18.9 Å². The fraction of sp³-hybridized carbons (Fsp3) is 0.333. The van der Waals surface area contributed by atoms with Gasteiger partial charge in [-0.15, -0.1) is 0 Å². The van der Waals surface area contributed by atoms with Crippen molar-refractivity contribution in [3.05, 3.63) is 54.1 Å². The molecule has 0 aliphatic carbocycles. The molecule has 3 rings (SSSR count). The van der Waals surface area contributed by atoms with E-state index in [0.717, 1.165) is 13.1 Å². The lowest BCUT2D eigenvalue weighted by Crippen LogP contribution is -2.46. The Balaban J connectivity index is 1.53. The Bertz CT molecular complexity index is 724. The van der Waals surface area contributed by atoms with Crippen molar-refractivity contribution < 1.29 is 18.7 Å². The quantitative estimate of drug-likeness (QED) is 0.899. The van der Waals surface area contributed by atoms with Crippen LogP contribution in [0.25, 0.3) is 0 Å². The number of carbonyl (C=O) groups excluding carboxylic acids is 1. The number of halogens is 1. The van der Waals surface area contributed by atoms with E-state index in [9.17, 15) is 9.18 Å². The van der Waals surface area contributed by atoms with E-state index >= 15 is 0 Å². The maximum Gasteiger partial charge on any atom is 0.269 e. The molecular formula is C18H20FN3O3. The van der Waals surface area contributed by atoms with Crippen molar-refractivity contribution in [3.63, 3.8) is 0 Å². The molecule has 1 amide bonds. The number of nitrogens with one attached hydrogen (secondary N) is 1. The lowest BCUT2D eigenvalue weighted by molar-refractivity contribution is -0.0175. The van der Waals surface area contributed by atoms with Crippen LogP contribution in [0, 0.1) is 5.82 Å². The second-order valence-corrected chi connectivity index (χ2v) is 5.90. The summed E-state index contributed by atoms with van der Waals surface area (Å²) in [4.78, 5) is 18.4. The van der Waals surface area contributed by atoms with Crippen molar-refractivity contribution in [1.82, 2.24) is 15.2 Å². The third-order valence-electron chi connectivity index (χ3n) is 3.83. The van der Waals surface area contributed by atoms with Crippen LogP contribution < -0.4 is 10.1 Å². The van der Waals surface area contributed by atoms with Crippen LogP contribution in [0.15, 0.2) is 42.6 Å². The number of aromatic nitrogens is 1. The van der Waals surface area contributed by atoms with Crippen LogP contribution in [0.3, 0.4) is 0 Å². The SMILES string of the molecule is CN1CCOC(CNC(=O)c2ccc(Oc3cccc(F)c3)cn2)C1. The highest BCUT2D eigenvalue weighted by molar-refractivity contribution is 5.92. The second kappa shape index (κ2) is 8.04. The van der Waals surface area contributed by atoms with Gasteiger partial charge in [0.15, 0.2) is 0 Å². The first-order valence-electron chi connectivity index (χ1n) is 8.08. The summed E-state index contributed by atoms with van der Waals surface area (Å²) in [6, 6.07) is 9.01. The second-order valence-electron chi connectivity index (χ2n) is 5.90. The van der Waals surface area contributed by atoms with Crippen LogP contribution in [0.1, 0.15) is 10.5 Å². The molecule has 6 nitrogen and oxygen atoms in total. The minimum absolute atomic E-state index is 0.0155. The number of morpholine rings is 1. The van der Waals surface area contributed by atoms with Gasteiger partial charge in [-0.1, -0.05) is 6.07 Å². The van der Waals surface area contributed by atoms with Crippen molar-refractivity contribution in [2.24, 2.45) is 0 Å². The highest BCUT2D eigenvalue weighted by Crippen LogP contribution is 2.21. The molecule has 1 unspecified atom stereocenters. The molecule has 1 fully saturated rings. The Morgan fingerprint density at radius 2 is 2.28 bits per heavy atom. The molecule has 1 aliphatic rings. The van der Waals surface area contributed by atoms with Gasteiger partial charge in [-0.3, -0.25) is 4.79 Å². The predicted octanol–water partition coefficient (Wildman–Crippen LogP) is 2.07.